The molecule has 5 nitrogen and oxygen atoms in total. The Labute approximate surface area is 179 Å². The van der Waals surface area contributed by atoms with Crippen molar-refractivity contribution in [3.63, 3.8) is 0 Å². The molecule has 0 saturated carbocycles. The van der Waals surface area contributed by atoms with Gasteiger partial charge in [0.15, 0.2) is 0 Å². The van der Waals surface area contributed by atoms with Gasteiger partial charge in [-0.3, -0.25) is 4.72 Å². The number of carbonyl (C=O) groups is 1. The lowest BCUT2D eigenvalue weighted by molar-refractivity contribution is 0.0601. The SMILES string of the molecule is COC(=O)c1ccc(NS(=O)(=O)c2ccccc2Cc2cccc(Cl)c2Cl)cc1. The Bertz CT molecular complexity index is 1150. The molecular formula is C21H17Cl2NO4S. The Hall–Kier alpha value is -2.54. The Morgan fingerprint density at radius 2 is 1.59 bits per heavy atom. The quantitative estimate of drug-likeness (QED) is 0.526. The van der Waals surface area contributed by atoms with Crippen molar-refractivity contribution in [3.05, 3.63) is 93.5 Å². The molecule has 3 rings (SSSR count). The molecular weight excluding hydrogens is 433 g/mol. The summed E-state index contributed by atoms with van der Waals surface area (Å²) >= 11 is 12.3. The summed E-state index contributed by atoms with van der Waals surface area (Å²) in [6.07, 6.45) is 0.303. The third kappa shape index (κ3) is 4.90. The highest BCUT2D eigenvalue weighted by Gasteiger charge is 2.19. The molecule has 1 N–H and O–H groups in total. The van der Waals surface area contributed by atoms with Gasteiger partial charge in [-0.05, 0) is 47.5 Å². The molecule has 29 heavy (non-hydrogen) atoms. The van der Waals surface area contributed by atoms with Crippen LogP contribution in [0, 0.1) is 0 Å². The first-order valence-corrected chi connectivity index (χ1v) is 10.8. The molecule has 3 aromatic carbocycles. The van der Waals surface area contributed by atoms with Gasteiger partial charge in [0.2, 0.25) is 0 Å². The normalized spacial score (nSPS) is 11.1. The van der Waals surface area contributed by atoms with Crippen molar-refractivity contribution in [1.82, 2.24) is 0 Å². The second kappa shape index (κ2) is 8.86. The van der Waals surface area contributed by atoms with Gasteiger partial charge in [0, 0.05) is 12.1 Å². The zero-order chi connectivity index (χ0) is 21.0. The van der Waals surface area contributed by atoms with Crippen LogP contribution in [0.1, 0.15) is 21.5 Å². The zero-order valence-corrected chi connectivity index (χ0v) is 17.7. The number of anilines is 1. The van der Waals surface area contributed by atoms with Crippen LogP contribution in [0.2, 0.25) is 10.0 Å². The first kappa shape index (κ1) is 21.2. The van der Waals surface area contributed by atoms with Crippen LogP contribution >= 0.6 is 23.2 Å². The molecule has 0 aliphatic carbocycles. The van der Waals surface area contributed by atoms with Crippen LogP contribution in [0.5, 0.6) is 0 Å². The smallest absolute Gasteiger partial charge is 0.337 e. The van der Waals surface area contributed by atoms with E-state index in [1.807, 2.05) is 0 Å². The fraction of sp³-hybridized carbons (Fsp3) is 0.0952. The van der Waals surface area contributed by atoms with Crippen molar-refractivity contribution >= 4 is 44.9 Å². The highest BCUT2D eigenvalue weighted by atomic mass is 35.5. The average Bonchev–Trinajstić information content (AvgIpc) is 2.71. The summed E-state index contributed by atoms with van der Waals surface area (Å²) in [7, 11) is -2.59. The van der Waals surface area contributed by atoms with E-state index < -0.39 is 16.0 Å². The second-order valence-corrected chi connectivity index (χ2v) is 8.61. The maximum absolute atomic E-state index is 13.0. The number of methoxy groups -OCH3 is 1. The molecule has 0 aliphatic heterocycles. The largest absolute Gasteiger partial charge is 0.465 e. The van der Waals surface area contributed by atoms with E-state index in [1.165, 1.54) is 37.4 Å². The summed E-state index contributed by atoms with van der Waals surface area (Å²) in [6.45, 7) is 0. The van der Waals surface area contributed by atoms with E-state index in [1.54, 1.807) is 36.4 Å². The Morgan fingerprint density at radius 3 is 2.28 bits per heavy atom. The summed E-state index contributed by atoms with van der Waals surface area (Å²) in [4.78, 5) is 11.7. The zero-order valence-electron chi connectivity index (χ0n) is 15.4. The third-order valence-corrected chi connectivity index (χ3v) is 6.57. The summed E-state index contributed by atoms with van der Waals surface area (Å²) in [5.41, 5.74) is 1.96. The van der Waals surface area contributed by atoms with Crippen molar-refractivity contribution in [3.8, 4) is 0 Å². The van der Waals surface area contributed by atoms with Crippen molar-refractivity contribution in [2.24, 2.45) is 0 Å². The average molecular weight is 450 g/mol. The minimum absolute atomic E-state index is 0.132. The predicted octanol–water partition coefficient (Wildman–Crippen LogP) is 5.17. The minimum Gasteiger partial charge on any atom is -0.465 e. The molecule has 150 valence electrons. The van der Waals surface area contributed by atoms with Crippen LogP contribution in [0.15, 0.2) is 71.6 Å². The number of halogens is 2. The summed E-state index contributed by atoms with van der Waals surface area (Å²) in [5.74, 6) is -0.497. The molecule has 3 aromatic rings. The van der Waals surface area contributed by atoms with Gasteiger partial charge in [-0.2, -0.15) is 0 Å². The number of hydrogen-bond donors (Lipinski definition) is 1. The van der Waals surface area contributed by atoms with E-state index in [0.29, 0.717) is 33.3 Å². The van der Waals surface area contributed by atoms with Gasteiger partial charge in [-0.15, -0.1) is 0 Å². The van der Waals surface area contributed by atoms with Gasteiger partial charge < -0.3 is 4.74 Å². The lowest BCUT2D eigenvalue weighted by atomic mass is 10.1. The van der Waals surface area contributed by atoms with Crippen LogP contribution in [-0.4, -0.2) is 21.5 Å². The topological polar surface area (TPSA) is 72.5 Å². The van der Waals surface area contributed by atoms with Crippen molar-refractivity contribution < 1.29 is 17.9 Å². The first-order valence-electron chi connectivity index (χ1n) is 8.54. The Balaban J connectivity index is 1.90. The highest BCUT2D eigenvalue weighted by Crippen LogP contribution is 2.29. The molecule has 0 bridgehead atoms. The van der Waals surface area contributed by atoms with Crippen LogP contribution in [0.25, 0.3) is 0 Å². The first-order chi connectivity index (χ1) is 13.8. The van der Waals surface area contributed by atoms with Crippen LogP contribution in [0.3, 0.4) is 0 Å². The monoisotopic (exact) mass is 449 g/mol. The van der Waals surface area contributed by atoms with Crippen molar-refractivity contribution in [2.45, 2.75) is 11.3 Å². The lowest BCUT2D eigenvalue weighted by Crippen LogP contribution is -2.15. The summed E-state index contributed by atoms with van der Waals surface area (Å²) in [5, 5.41) is 0.807. The number of esters is 1. The Morgan fingerprint density at radius 1 is 0.931 bits per heavy atom. The van der Waals surface area contributed by atoms with Crippen molar-refractivity contribution in [1.29, 1.82) is 0 Å². The number of nitrogens with one attached hydrogen (secondary N) is 1. The molecule has 0 aliphatic rings. The molecule has 0 heterocycles. The van der Waals surface area contributed by atoms with Crippen LogP contribution in [0.4, 0.5) is 5.69 Å². The van der Waals surface area contributed by atoms with Gasteiger partial charge in [0.1, 0.15) is 0 Å². The molecule has 0 aromatic heterocycles. The number of hydrogen-bond acceptors (Lipinski definition) is 4. The molecule has 0 atom stereocenters. The number of benzene rings is 3. The second-order valence-electron chi connectivity index (χ2n) is 6.17. The van der Waals surface area contributed by atoms with Gasteiger partial charge >= 0.3 is 5.97 Å². The molecule has 0 radical (unpaired) electrons. The maximum Gasteiger partial charge on any atom is 0.337 e. The van der Waals surface area contributed by atoms with Gasteiger partial charge in [0.25, 0.3) is 10.0 Å². The van der Waals surface area contributed by atoms with Crippen LogP contribution < -0.4 is 4.72 Å². The number of ether oxygens (including phenoxy) is 1. The third-order valence-electron chi connectivity index (χ3n) is 4.23. The molecule has 0 spiro atoms. The van der Waals surface area contributed by atoms with Crippen molar-refractivity contribution in [2.75, 3.05) is 11.8 Å². The van der Waals surface area contributed by atoms with E-state index in [9.17, 15) is 13.2 Å². The van der Waals surface area contributed by atoms with E-state index in [2.05, 4.69) is 9.46 Å². The van der Waals surface area contributed by atoms with E-state index in [-0.39, 0.29) is 4.90 Å². The Kier molecular flexibility index (Phi) is 6.47. The van der Waals surface area contributed by atoms with Gasteiger partial charge in [-0.1, -0.05) is 53.5 Å². The summed E-state index contributed by atoms with van der Waals surface area (Å²) in [6, 6.07) is 17.9. The maximum atomic E-state index is 13.0. The molecule has 8 heteroatoms. The molecule has 0 amide bonds. The molecule has 0 unspecified atom stereocenters. The van der Waals surface area contributed by atoms with Gasteiger partial charge in [-0.25, -0.2) is 13.2 Å². The molecule has 0 saturated heterocycles. The fourth-order valence-corrected chi connectivity index (χ4v) is 4.49. The number of sulfonamides is 1. The highest BCUT2D eigenvalue weighted by molar-refractivity contribution is 7.92. The minimum atomic E-state index is -3.87. The fourth-order valence-electron chi connectivity index (χ4n) is 2.80. The van der Waals surface area contributed by atoms with Crippen LogP contribution in [-0.2, 0) is 21.2 Å². The van der Waals surface area contributed by atoms with E-state index >= 15 is 0 Å². The van der Waals surface area contributed by atoms with E-state index in [0.717, 1.165) is 5.56 Å². The lowest BCUT2D eigenvalue weighted by Gasteiger charge is -2.13. The number of rotatable bonds is 6. The predicted molar refractivity (Wildman–Crippen MR) is 114 cm³/mol. The summed E-state index contributed by atoms with van der Waals surface area (Å²) < 4.78 is 33.1. The standard InChI is InChI=1S/C21H17Cl2NO4S/c1-28-21(25)14-9-11-17(12-10-14)24-29(26,27)19-8-3-2-5-15(19)13-16-6-4-7-18(22)20(16)23/h2-12,24H,13H2,1H3. The molecule has 0 fully saturated rings. The number of carbonyl (C=O) groups excluding carboxylic acids is 1. The van der Waals surface area contributed by atoms with E-state index in [4.69, 9.17) is 23.2 Å². The van der Waals surface area contributed by atoms with Gasteiger partial charge in [0.05, 0.1) is 27.6 Å².